The zero-order valence-corrected chi connectivity index (χ0v) is 13.4. The van der Waals surface area contributed by atoms with Gasteiger partial charge in [-0.1, -0.05) is 0 Å². The van der Waals surface area contributed by atoms with E-state index >= 15 is 0 Å². The molecule has 1 aliphatic rings. The van der Waals surface area contributed by atoms with Gasteiger partial charge in [0.2, 0.25) is 0 Å². The molecule has 1 unspecified atom stereocenters. The number of aromatic amines is 1. The van der Waals surface area contributed by atoms with Crippen LogP contribution in [0.4, 0.5) is 13.2 Å². The van der Waals surface area contributed by atoms with Crippen molar-refractivity contribution in [2.45, 2.75) is 31.5 Å². The molecule has 0 aromatic carbocycles. The van der Waals surface area contributed by atoms with Crippen LogP contribution in [0.2, 0.25) is 0 Å². The van der Waals surface area contributed by atoms with Gasteiger partial charge < -0.3 is 4.98 Å². The molecule has 25 heavy (non-hydrogen) atoms. The molecule has 1 saturated heterocycles. The van der Waals surface area contributed by atoms with Gasteiger partial charge in [0.1, 0.15) is 11.5 Å². The van der Waals surface area contributed by atoms with E-state index < -0.39 is 11.9 Å². The zero-order valence-electron chi connectivity index (χ0n) is 13.4. The Hall–Kier alpha value is -2.42. The van der Waals surface area contributed by atoms with Gasteiger partial charge in [-0.3, -0.25) is 14.3 Å². The average Bonchev–Trinajstić information content (AvgIpc) is 3.23. The predicted octanol–water partition coefficient (Wildman–Crippen LogP) is 2.85. The van der Waals surface area contributed by atoms with Crippen molar-refractivity contribution in [3.05, 3.63) is 48.2 Å². The van der Waals surface area contributed by atoms with E-state index in [4.69, 9.17) is 0 Å². The highest BCUT2D eigenvalue weighted by Crippen LogP contribution is 2.31. The third-order valence-corrected chi connectivity index (χ3v) is 4.57. The van der Waals surface area contributed by atoms with Gasteiger partial charge in [0, 0.05) is 31.4 Å². The monoisotopic (exact) mass is 350 g/mol. The first-order valence-corrected chi connectivity index (χ1v) is 8.11. The number of hydrogen-bond donors (Lipinski definition) is 1. The Balaban J connectivity index is 1.48. The minimum atomic E-state index is -4.38. The Bertz CT molecular complexity index is 868. The highest BCUT2D eigenvalue weighted by molar-refractivity contribution is 5.36. The summed E-state index contributed by atoms with van der Waals surface area (Å²) in [7, 11) is 0. The molecule has 4 rings (SSSR count). The number of nitrogens with zero attached hydrogens (tertiary/aromatic N) is 5. The largest absolute Gasteiger partial charge is 0.432 e. The van der Waals surface area contributed by atoms with Crippen molar-refractivity contribution in [3.8, 4) is 0 Å². The summed E-state index contributed by atoms with van der Waals surface area (Å²) in [4.78, 5) is 17.0. The van der Waals surface area contributed by atoms with Crippen LogP contribution in [0.25, 0.3) is 5.65 Å². The number of rotatable bonds is 3. The van der Waals surface area contributed by atoms with Gasteiger partial charge in [-0.05, 0) is 19.4 Å². The van der Waals surface area contributed by atoms with Gasteiger partial charge >= 0.3 is 6.18 Å². The van der Waals surface area contributed by atoms with Crippen LogP contribution in [-0.2, 0) is 12.7 Å². The molecule has 3 aromatic heterocycles. The Labute approximate surface area is 141 Å². The Kier molecular flexibility index (Phi) is 3.95. The number of piperidine rings is 1. The third-order valence-electron chi connectivity index (χ3n) is 4.57. The van der Waals surface area contributed by atoms with E-state index in [9.17, 15) is 13.2 Å². The minimum absolute atomic E-state index is 0.0225. The summed E-state index contributed by atoms with van der Waals surface area (Å²) < 4.78 is 40.2. The molecule has 0 amide bonds. The van der Waals surface area contributed by atoms with Crippen LogP contribution in [0.1, 0.15) is 36.0 Å². The number of halogens is 3. The number of likely N-dealkylation sites (tertiary alicyclic amines) is 1. The summed E-state index contributed by atoms with van der Waals surface area (Å²) >= 11 is 0. The minimum Gasteiger partial charge on any atom is -0.338 e. The summed E-state index contributed by atoms with van der Waals surface area (Å²) in [6, 6.07) is 0. The van der Waals surface area contributed by atoms with E-state index in [2.05, 4.69) is 24.8 Å². The van der Waals surface area contributed by atoms with E-state index in [-0.39, 0.29) is 5.92 Å². The first kappa shape index (κ1) is 16.1. The SMILES string of the molecule is FC(F)(F)c1cnc(C2CCCN(Cc3cnc4cnccn34)C2)[nH]1. The van der Waals surface area contributed by atoms with Gasteiger partial charge in [-0.25, -0.2) is 9.97 Å². The smallest absolute Gasteiger partial charge is 0.338 e. The second kappa shape index (κ2) is 6.14. The zero-order chi connectivity index (χ0) is 17.4. The standard InChI is InChI=1S/C16H17F3N6/c17-16(18,19)13-7-22-15(23-13)11-2-1-4-24(9-11)10-12-6-21-14-8-20-3-5-25(12)14/h3,5-8,11H,1-2,4,9-10H2,(H,22,23). The molecular weight excluding hydrogens is 333 g/mol. The van der Waals surface area contributed by atoms with Gasteiger partial charge in [-0.15, -0.1) is 0 Å². The van der Waals surface area contributed by atoms with Crippen LogP contribution in [0.5, 0.6) is 0 Å². The summed E-state index contributed by atoms with van der Waals surface area (Å²) in [6.45, 7) is 2.26. The van der Waals surface area contributed by atoms with Crippen LogP contribution >= 0.6 is 0 Å². The Morgan fingerprint density at radius 1 is 1.20 bits per heavy atom. The van der Waals surface area contributed by atoms with Crippen molar-refractivity contribution in [1.82, 2.24) is 29.2 Å². The van der Waals surface area contributed by atoms with E-state index in [0.29, 0.717) is 18.9 Å². The fourth-order valence-electron chi connectivity index (χ4n) is 3.35. The normalized spacial score (nSPS) is 19.6. The van der Waals surface area contributed by atoms with E-state index in [1.165, 1.54) is 0 Å². The van der Waals surface area contributed by atoms with Crippen LogP contribution in [-0.4, -0.2) is 42.3 Å². The molecule has 0 spiro atoms. The highest BCUT2D eigenvalue weighted by atomic mass is 19.4. The molecule has 0 bridgehead atoms. The summed E-state index contributed by atoms with van der Waals surface area (Å²) in [5, 5.41) is 0. The van der Waals surface area contributed by atoms with Crippen molar-refractivity contribution in [2.75, 3.05) is 13.1 Å². The number of aromatic nitrogens is 5. The molecular formula is C16H17F3N6. The molecule has 1 fully saturated rings. The number of H-pyrrole nitrogens is 1. The molecule has 132 valence electrons. The summed E-state index contributed by atoms with van der Waals surface area (Å²) in [5.74, 6) is 0.394. The Morgan fingerprint density at radius 2 is 2.08 bits per heavy atom. The maximum atomic E-state index is 12.7. The van der Waals surface area contributed by atoms with Crippen molar-refractivity contribution in [3.63, 3.8) is 0 Å². The molecule has 0 radical (unpaired) electrons. The molecule has 0 aliphatic carbocycles. The molecule has 1 aliphatic heterocycles. The number of alkyl halides is 3. The number of imidazole rings is 2. The van der Waals surface area contributed by atoms with E-state index in [1.54, 1.807) is 12.4 Å². The fourth-order valence-corrected chi connectivity index (χ4v) is 3.35. The summed E-state index contributed by atoms with van der Waals surface area (Å²) in [6.07, 6.45) is 5.33. The molecule has 1 atom stereocenters. The molecule has 1 N–H and O–H groups in total. The van der Waals surface area contributed by atoms with Gasteiger partial charge in [-0.2, -0.15) is 13.2 Å². The lowest BCUT2D eigenvalue weighted by atomic mass is 9.97. The van der Waals surface area contributed by atoms with Crippen LogP contribution in [0.3, 0.4) is 0 Å². The maximum Gasteiger partial charge on any atom is 0.432 e. The van der Waals surface area contributed by atoms with Crippen molar-refractivity contribution in [2.24, 2.45) is 0 Å². The van der Waals surface area contributed by atoms with Crippen molar-refractivity contribution < 1.29 is 13.2 Å². The van der Waals surface area contributed by atoms with Crippen LogP contribution < -0.4 is 0 Å². The fraction of sp³-hybridized carbons (Fsp3) is 0.438. The molecule has 3 aromatic rings. The first-order chi connectivity index (χ1) is 12.0. The molecule has 0 saturated carbocycles. The lowest BCUT2D eigenvalue weighted by Crippen LogP contribution is -2.34. The van der Waals surface area contributed by atoms with Gasteiger partial charge in [0.05, 0.1) is 24.3 Å². The summed E-state index contributed by atoms with van der Waals surface area (Å²) in [5.41, 5.74) is 1.04. The van der Waals surface area contributed by atoms with Crippen LogP contribution in [0, 0.1) is 0 Å². The first-order valence-electron chi connectivity index (χ1n) is 8.11. The second-order valence-electron chi connectivity index (χ2n) is 6.31. The average molecular weight is 350 g/mol. The lowest BCUT2D eigenvalue weighted by molar-refractivity contribution is -0.141. The Morgan fingerprint density at radius 3 is 2.88 bits per heavy atom. The van der Waals surface area contributed by atoms with Crippen molar-refractivity contribution in [1.29, 1.82) is 0 Å². The lowest BCUT2D eigenvalue weighted by Gasteiger charge is -2.31. The van der Waals surface area contributed by atoms with Gasteiger partial charge in [0.25, 0.3) is 0 Å². The topological polar surface area (TPSA) is 62.1 Å². The predicted molar refractivity (Wildman–Crippen MR) is 83.8 cm³/mol. The molecule has 4 heterocycles. The van der Waals surface area contributed by atoms with Gasteiger partial charge in [0.15, 0.2) is 5.65 Å². The number of hydrogen-bond acceptors (Lipinski definition) is 4. The van der Waals surface area contributed by atoms with E-state index in [0.717, 1.165) is 36.9 Å². The van der Waals surface area contributed by atoms with E-state index in [1.807, 2.05) is 16.8 Å². The molecule has 6 nitrogen and oxygen atoms in total. The third kappa shape index (κ3) is 3.23. The van der Waals surface area contributed by atoms with Crippen molar-refractivity contribution >= 4 is 5.65 Å². The second-order valence-corrected chi connectivity index (χ2v) is 6.31. The molecule has 9 heteroatoms. The quantitative estimate of drug-likeness (QED) is 0.789. The highest BCUT2D eigenvalue weighted by Gasteiger charge is 2.34. The van der Waals surface area contributed by atoms with Crippen LogP contribution in [0.15, 0.2) is 31.0 Å². The number of fused-ring (bicyclic) bond motifs is 1. The number of nitrogens with one attached hydrogen (secondary N) is 1. The maximum absolute atomic E-state index is 12.7.